The van der Waals surface area contributed by atoms with Crippen LogP contribution in [0.3, 0.4) is 0 Å². The summed E-state index contributed by atoms with van der Waals surface area (Å²) in [4.78, 5) is 11.2. The number of carbonyl (C=O) groups excluding carboxylic acids is 1. The van der Waals surface area contributed by atoms with Crippen LogP contribution in [0.5, 0.6) is 0 Å². The molecule has 104 valence electrons. The minimum absolute atomic E-state index is 0.138. The van der Waals surface area contributed by atoms with Gasteiger partial charge in [-0.05, 0) is 17.7 Å². The van der Waals surface area contributed by atoms with Gasteiger partial charge in [0, 0.05) is 13.1 Å². The van der Waals surface area contributed by atoms with Crippen LogP contribution in [0.4, 0.5) is 0 Å². The Labute approximate surface area is 111 Å². The van der Waals surface area contributed by atoms with Gasteiger partial charge in [-0.25, -0.2) is 13.2 Å². The largest absolute Gasteiger partial charge is 0.465 e. The van der Waals surface area contributed by atoms with Gasteiger partial charge in [0.05, 0.1) is 24.5 Å². The fraction of sp³-hybridized carbons (Fsp3) is 0.417. The Morgan fingerprint density at radius 2 is 1.95 bits per heavy atom. The van der Waals surface area contributed by atoms with Crippen molar-refractivity contribution in [3.8, 4) is 0 Å². The van der Waals surface area contributed by atoms with Crippen LogP contribution in [0.2, 0.25) is 0 Å². The van der Waals surface area contributed by atoms with E-state index in [2.05, 4.69) is 4.74 Å². The smallest absolute Gasteiger partial charge is 0.337 e. The van der Waals surface area contributed by atoms with Gasteiger partial charge in [-0.2, -0.15) is 4.31 Å². The lowest BCUT2D eigenvalue weighted by Gasteiger charge is -2.34. The third-order valence-electron chi connectivity index (χ3n) is 2.95. The number of carbonyl (C=O) groups is 1. The van der Waals surface area contributed by atoms with Gasteiger partial charge in [-0.15, -0.1) is 0 Å². The van der Waals surface area contributed by atoms with Crippen molar-refractivity contribution in [1.29, 1.82) is 0 Å². The number of nitrogens with zero attached hydrogens (tertiary/aromatic N) is 1. The zero-order chi connectivity index (χ0) is 14.0. The summed E-state index contributed by atoms with van der Waals surface area (Å²) in [7, 11) is -2.10. The first-order valence-corrected chi connectivity index (χ1v) is 7.36. The molecule has 2 rings (SSSR count). The maximum absolute atomic E-state index is 11.9. The van der Waals surface area contributed by atoms with Gasteiger partial charge < -0.3 is 9.84 Å². The fourth-order valence-corrected chi connectivity index (χ4v) is 3.40. The van der Waals surface area contributed by atoms with Crippen molar-refractivity contribution in [1.82, 2.24) is 4.31 Å². The van der Waals surface area contributed by atoms with Crippen molar-refractivity contribution < 1.29 is 23.1 Å². The van der Waals surface area contributed by atoms with Crippen LogP contribution in [0, 0.1) is 0 Å². The molecule has 0 aromatic heterocycles. The number of hydrogen-bond acceptors (Lipinski definition) is 5. The van der Waals surface area contributed by atoms with Crippen LogP contribution in [0.1, 0.15) is 15.9 Å². The van der Waals surface area contributed by atoms with Gasteiger partial charge in [-0.3, -0.25) is 0 Å². The third-order valence-corrected chi connectivity index (χ3v) is 4.73. The summed E-state index contributed by atoms with van der Waals surface area (Å²) in [6, 6.07) is 6.23. The Balaban J connectivity index is 2.05. The van der Waals surface area contributed by atoms with Crippen molar-refractivity contribution in [2.24, 2.45) is 0 Å². The van der Waals surface area contributed by atoms with Crippen LogP contribution in [-0.2, 0) is 20.5 Å². The minimum Gasteiger partial charge on any atom is -0.465 e. The molecule has 1 aromatic carbocycles. The van der Waals surface area contributed by atoms with Gasteiger partial charge in [0.1, 0.15) is 0 Å². The molecule has 1 aromatic rings. The van der Waals surface area contributed by atoms with E-state index in [9.17, 15) is 13.2 Å². The van der Waals surface area contributed by atoms with E-state index in [1.807, 2.05) is 0 Å². The minimum atomic E-state index is -3.39. The van der Waals surface area contributed by atoms with Gasteiger partial charge >= 0.3 is 5.97 Å². The molecule has 0 amide bonds. The lowest BCUT2D eigenvalue weighted by molar-refractivity contribution is 0.0546. The zero-order valence-corrected chi connectivity index (χ0v) is 11.3. The highest BCUT2D eigenvalue weighted by Gasteiger charge is 2.34. The molecule has 1 N–H and O–H groups in total. The summed E-state index contributed by atoms with van der Waals surface area (Å²) in [5.41, 5.74) is 0.970. The van der Waals surface area contributed by atoms with E-state index in [1.165, 1.54) is 23.5 Å². The van der Waals surface area contributed by atoms with Crippen molar-refractivity contribution >= 4 is 16.0 Å². The fourth-order valence-electron chi connectivity index (χ4n) is 1.80. The Bertz CT molecular complexity index is 560. The molecule has 1 saturated heterocycles. The maximum atomic E-state index is 11.9. The molecule has 0 atom stereocenters. The standard InChI is InChI=1S/C12H15NO5S/c1-18-12(15)10-4-2-9(3-5-10)8-19(16,17)13-6-11(14)7-13/h2-5,11,14H,6-8H2,1H3. The predicted molar refractivity (Wildman–Crippen MR) is 68.0 cm³/mol. The topological polar surface area (TPSA) is 83.9 Å². The highest BCUT2D eigenvalue weighted by molar-refractivity contribution is 7.88. The van der Waals surface area contributed by atoms with Crippen LogP contribution in [0.15, 0.2) is 24.3 Å². The van der Waals surface area contributed by atoms with E-state index in [1.54, 1.807) is 12.1 Å². The molecule has 1 heterocycles. The molecule has 6 nitrogen and oxygen atoms in total. The van der Waals surface area contributed by atoms with E-state index >= 15 is 0 Å². The molecule has 0 spiro atoms. The number of sulfonamides is 1. The molecule has 1 aliphatic rings. The molecule has 0 unspecified atom stereocenters. The van der Waals surface area contributed by atoms with Gasteiger partial charge in [0.2, 0.25) is 10.0 Å². The van der Waals surface area contributed by atoms with Crippen molar-refractivity contribution in [2.75, 3.05) is 20.2 Å². The number of aliphatic hydroxyl groups excluding tert-OH is 1. The third kappa shape index (κ3) is 3.12. The van der Waals surface area contributed by atoms with Gasteiger partial charge in [0.25, 0.3) is 0 Å². The summed E-state index contributed by atoms with van der Waals surface area (Å²) >= 11 is 0. The Kier molecular flexibility index (Phi) is 3.88. The Morgan fingerprint density at radius 1 is 1.37 bits per heavy atom. The molecule has 0 saturated carbocycles. The van der Waals surface area contributed by atoms with E-state index < -0.39 is 22.1 Å². The monoisotopic (exact) mass is 285 g/mol. The first-order chi connectivity index (χ1) is 8.92. The van der Waals surface area contributed by atoms with Crippen LogP contribution >= 0.6 is 0 Å². The lowest BCUT2D eigenvalue weighted by atomic mass is 10.1. The number of methoxy groups -OCH3 is 1. The summed E-state index contributed by atoms with van der Waals surface area (Å²) in [6.45, 7) is 0.311. The summed E-state index contributed by atoms with van der Waals surface area (Å²) < 4.78 is 29.7. The second kappa shape index (κ2) is 5.28. The molecule has 7 heteroatoms. The second-order valence-electron chi connectivity index (χ2n) is 4.42. The molecular formula is C12H15NO5S. The molecule has 1 aliphatic heterocycles. The van der Waals surface area contributed by atoms with E-state index in [0.717, 1.165) is 0 Å². The number of rotatable bonds is 4. The van der Waals surface area contributed by atoms with Crippen molar-refractivity contribution in [3.05, 3.63) is 35.4 Å². The Hall–Kier alpha value is -1.44. The molecule has 0 aliphatic carbocycles. The molecule has 19 heavy (non-hydrogen) atoms. The summed E-state index contributed by atoms with van der Waals surface area (Å²) in [6.07, 6.45) is -0.559. The average molecular weight is 285 g/mol. The number of hydrogen-bond donors (Lipinski definition) is 1. The average Bonchev–Trinajstić information content (AvgIpc) is 2.34. The first-order valence-electron chi connectivity index (χ1n) is 5.75. The number of aliphatic hydroxyl groups is 1. The highest BCUT2D eigenvalue weighted by Crippen LogP contribution is 2.18. The molecule has 0 radical (unpaired) electrons. The maximum Gasteiger partial charge on any atom is 0.337 e. The normalized spacial score (nSPS) is 16.9. The zero-order valence-electron chi connectivity index (χ0n) is 10.4. The van der Waals surface area contributed by atoms with E-state index in [0.29, 0.717) is 11.1 Å². The highest BCUT2D eigenvalue weighted by atomic mass is 32.2. The quantitative estimate of drug-likeness (QED) is 0.786. The number of ether oxygens (including phenoxy) is 1. The number of β-amino-alcohol motifs (C(OH)–C–C–N with tert-alkyl or cyclic N) is 1. The van der Waals surface area contributed by atoms with Crippen LogP contribution < -0.4 is 0 Å². The van der Waals surface area contributed by atoms with Crippen LogP contribution in [0.25, 0.3) is 0 Å². The molecule has 0 bridgehead atoms. The second-order valence-corrected chi connectivity index (χ2v) is 6.38. The van der Waals surface area contributed by atoms with Gasteiger partial charge in [0.15, 0.2) is 0 Å². The summed E-state index contributed by atoms with van der Waals surface area (Å²) in [5, 5.41) is 9.11. The molecular weight excluding hydrogens is 270 g/mol. The van der Waals surface area contributed by atoms with Crippen molar-refractivity contribution in [3.63, 3.8) is 0 Å². The molecule has 1 fully saturated rings. The predicted octanol–water partition coefficient (Wildman–Crippen LogP) is -0.0205. The van der Waals surface area contributed by atoms with Crippen molar-refractivity contribution in [2.45, 2.75) is 11.9 Å². The number of benzene rings is 1. The van der Waals surface area contributed by atoms with E-state index in [4.69, 9.17) is 5.11 Å². The summed E-state index contributed by atoms with van der Waals surface area (Å²) in [5.74, 6) is -0.596. The Morgan fingerprint density at radius 3 is 2.42 bits per heavy atom. The van der Waals surface area contributed by atoms with E-state index in [-0.39, 0.29) is 18.8 Å². The van der Waals surface area contributed by atoms with Gasteiger partial charge in [-0.1, -0.05) is 12.1 Å². The number of esters is 1. The van der Waals surface area contributed by atoms with Crippen LogP contribution in [-0.4, -0.2) is 50.1 Å². The SMILES string of the molecule is COC(=O)c1ccc(CS(=O)(=O)N2CC(O)C2)cc1. The first kappa shape index (κ1) is 14.0. The lowest BCUT2D eigenvalue weighted by Crippen LogP contribution is -2.53.